The molecule has 2 amide bonds. The summed E-state index contributed by atoms with van der Waals surface area (Å²) in [5, 5.41) is 0. The minimum Gasteiger partial charge on any atom is -0.481 e. The Morgan fingerprint density at radius 3 is 2.33 bits per heavy atom. The summed E-state index contributed by atoms with van der Waals surface area (Å²) < 4.78 is 24.2. The van der Waals surface area contributed by atoms with E-state index in [-0.39, 0.29) is 18.3 Å². The predicted octanol–water partition coefficient (Wildman–Crippen LogP) is 2.94. The molecule has 2 aromatic rings. The van der Waals surface area contributed by atoms with Gasteiger partial charge < -0.3 is 19.3 Å². The fraction of sp³-hybridized carbons (Fsp3) is 0.300. The molecular weight excluding hydrogens is 351 g/mol. The zero-order valence-corrected chi connectivity index (χ0v) is 14.8. The number of carbonyl (C=O) groups excluding carboxylic acids is 2. The predicted molar refractivity (Wildman–Crippen MR) is 97.1 cm³/mol. The minimum absolute atomic E-state index is 0.0498. The van der Waals surface area contributed by atoms with Crippen molar-refractivity contribution in [1.29, 1.82) is 0 Å². The summed E-state index contributed by atoms with van der Waals surface area (Å²) in [6, 6.07) is 14.8. The van der Waals surface area contributed by atoms with Gasteiger partial charge in [0.1, 0.15) is 5.75 Å². The van der Waals surface area contributed by atoms with E-state index in [0.29, 0.717) is 38.3 Å². The molecule has 2 aromatic carbocycles. The summed E-state index contributed by atoms with van der Waals surface area (Å²) in [7, 11) is 0. The van der Waals surface area contributed by atoms with Crippen molar-refractivity contribution in [3.63, 3.8) is 0 Å². The summed E-state index contributed by atoms with van der Waals surface area (Å²) >= 11 is 0. The zero-order chi connectivity index (χ0) is 19.1. The second kappa shape index (κ2) is 9.02. The van der Waals surface area contributed by atoms with E-state index in [1.54, 1.807) is 46.2 Å². The highest BCUT2D eigenvalue weighted by Crippen LogP contribution is 2.16. The molecule has 3 rings (SSSR count). The van der Waals surface area contributed by atoms with Crippen molar-refractivity contribution in [1.82, 2.24) is 9.80 Å². The highest BCUT2D eigenvalue weighted by Gasteiger charge is 2.23. The molecule has 0 aromatic heterocycles. The molecule has 0 N–H and O–H groups in total. The molecule has 0 bridgehead atoms. The molecular formula is C20H21FN2O4. The van der Waals surface area contributed by atoms with E-state index in [1.165, 1.54) is 12.1 Å². The average molecular weight is 372 g/mol. The van der Waals surface area contributed by atoms with Crippen molar-refractivity contribution in [3.05, 3.63) is 60.4 Å². The lowest BCUT2D eigenvalue weighted by atomic mass is 10.3. The van der Waals surface area contributed by atoms with Gasteiger partial charge in [-0.05, 0) is 30.7 Å². The average Bonchev–Trinajstić information content (AvgIpc) is 2.94. The van der Waals surface area contributed by atoms with Crippen LogP contribution < -0.4 is 9.47 Å². The van der Waals surface area contributed by atoms with Crippen LogP contribution in [0, 0.1) is 5.82 Å². The first-order valence-corrected chi connectivity index (χ1v) is 8.80. The highest BCUT2D eigenvalue weighted by molar-refractivity contribution is 5.78. The molecule has 0 atom stereocenters. The van der Waals surface area contributed by atoms with Crippen molar-refractivity contribution < 1.29 is 23.5 Å². The van der Waals surface area contributed by atoms with Gasteiger partial charge in [-0.25, -0.2) is 9.18 Å². The Kier molecular flexibility index (Phi) is 6.25. The maximum atomic E-state index is 13.6. The van der Waals surface area contributed by atoms with Gasteiger partial charge in [-0.3, -0.25) is 4.79 Å². The van der Waals surface area contributed by atoms with E-state index in [1.807, 2.05) is 6.07 Å². The number of rotatable bonds is 4. The molecule has 0 aliphatic carbocycles. The van der Waals surface area contributed by atoms with Gasteiger partial charge in [0.2, 0.25) is 0 Å². The summed E-state index contributed by atoms with van der Waals surface area (Å²) in [6.07, 6.45) is 0.202. The maximum Gasteiger partial charge on any atom is 0.415 e. The van der Waals surface area contributed by atoms with Crippen molar-refractivity contribution in [2.45, 2.75) is 6.42 Å². The molecule has 1 aliphatic rings. The first kappa shape index (κ1) is 18.7. The Labute approximate surface area is 157 Å². The third kappa shape index (κ3) is 5.20. The quantitative estimate of drug-likeness (QED) is 0.828. The van der Waals surface area contributed by atoms with E-state index in [2.05, 4.69) is 0 Å². The number of para-hydroxylation sites is 2. The van der Waals surface area contributed by atoms with E-state index in [4.69, 9.17) is 9.47 Å². The topological polar surface area (TPSA) is 59.1 Å². The number of benzene rings is 2. The molecule has 6 nitrogen and oxygen atoms in total. The van der Waals surface area contributed by atoms with Crippen LogP contribution in [0.15, 0.2) is 54.6 Å². The number of ether oxygens (including phenoxy) is 2. The van der Waals surface area contributed by atoms with Gasteiger partial charge in [0.05, 0.1) is 0 Å². The lowest BCUT2D eigenvalue weighted by Gasteiger charge is -2.22. The molecule has 7 heteroatoms. The van der Waals surface area contributed by atoms with Crippen LogP contribution >= 0.6 is 0 Å². The number of nitrogens with zero attached hydrogens (tertiary/aromatic N) is 2. The molecule has 0 radical (unpaired) electrons. The Hall–Kier alpha value is -3.09. The van der Waals surface area contributed by atoms with Crippen LogP contribution in [-0.4, -0.2) is 54.6 Å². The third-order valence-electron chi connectivity index (χ3n) is 4.24. The van der Waals surface area contributed by atoms with Gasteiger partial charge in [-0.15, -0.1) is 0 Å². The summed E-state index contributed by atoms with van der Waals surface area (Å²) in [5.74, 6) is -0.209. The van der Waals surface area contributed by atoms with Crippen molar-refractivity contribution >= 4 is 12.0 Å². The molecule has 0 saturated carbocycles. The fourth-order valence-electron chi connectivity index (χ4n) is 2.80. The maximum absolute atomic E-state index is 13.6. The van der Waals surface area contributed by atoms with Crippen LogP contribution in [0.2, 0.25) is 0 Å². The number of amides is 2. The zero-order valence-electron chi connectivity index (χ0n) is 14.8. The molecule has 1 heterocycles. The number of hydrogen-bond acceptors (Lipinski definition) is 4. The summed E-state index contributed by atoms with van der Waals surface area (Å²) in [4.78, 5) is 27.8. The smallest absolute Gasteiger partial charge is 0.415 e. The monoisotopic (exact) mass is 372 g/mol. The van der Waals surface area contributed by atoms with Crippen molar-refractivity contribution in [2.24, 2.45) is 0 Å². The van der Waals surface area contributed by atoms with Crippen molar-refractivity contribution in [2.75, 3.05) is 32.8 Å². The minimum atomic E-state index is -0.504. The van der Waals surface area contributed by atoms with E-state index >= 15 is 0 Å². The molecule has 1 fully saturated rings. The third-order valence-corrected chi connectivity index (χ3v) is 4.24. The van der Waals surface area contributed by atoms with E-state index < -0.39 is 11.9 Å². The van der Waals surface area contributed by atoms with Gasteiger partial charge in [0.25, 0.3) is 5.91 Å². The number of carbonyl (C=O) groups is 2. The van der Waals surface area contributed by atoms with Crippen LogP contribution in [0.3, 0.4) is 0 Å². The first-order valence-electron chi connectivity index (χ1n) is 8.80. The number of halogens is 1. The molecule has 1 aliphatic heterocycles. The standard InChI is InChI=1S/C20H21FN2O4/c21-17-9-4-5-10-18(17)26-15-19(24)22-11-6-12-23(14-13-22)20(25)27-16-7-2-1-3-8-16/h1-5,7-10H,6,11-15H2. The summed E-state index contributed by atoms with van der Waals surface area (Å²) in [6.45, 7) is 1.52. The van der Waals surface area contributed by atoms with Gasteiger partial charge in [0, 0.05) is 26.2 Å². The van der Waals surface area contributed by atoms with Crippen LogP contribution in [0.25, 0.3) is 0 Å². The Balaban J connectivity index is 1.49. The van der Waals surface area contributed by atoms with Gasteiger partial charge in [0.15, 0.2) is 18.2 Å². The van der Waals surface area contributed by atoms with E-state index in [9.17, 15) is 14.0 Å². The molecule has 142 valence electrons. The molecule has 27 heavy (non-hydrogen) atoms. The SMILES string of the molecule is O=C(COc1ccccc1F)N1CCCN(C(=O)Oc2ccccc2)CC1. The fourth-order valence-corrected chi connectivity index (χ4v) is 2.80. The second-order valence-electron chi connectivity index (χ2n) is 6.12. The first-order chi connectivity index (χ1) is 13.1. The van der Waals surface area contributed by atoms with Gasteiger partial charge in [-0.2, -0.15) is 0 Å². The Bertz CT molecular complexity index is 785. The van der Waals surface area contributed by atoms with Crippen LogP contribution in [-0.2, 0) is 4.79 Å². The Morgan fingerprint density at radius 1 is 0.889 bits per heavy atom. The normalized spacial score (nSPS) is 14.4. The molecule has 1 saturated heterocycles. The summed E-state index contributed by atoms with van der Waals surface area (Å²) in [5.41, 5.74) is 0. The number of hydrogen-bond donors (Lipinski definition) is 0. The van der Waals surface area contributed by atoms with Gasteiger partial charge >= 0.3 is 6.09 Å². The largest absolute Gasteiger partial charge is 0.481 e. The second-order valence-corrected chi connectivity index (χ2v) is 6.12. The van der Waals surface area contributed by atoms with Crippen molar-refractivity contribution in [3.8, 4) is 11.5 Å². The lowest BCUT2D eigenvalue weighted by Crippen LogP contribution is -2.40. The lowest BCUT2D eigenvalue weighted by molar-refractivity contribution is -0.133. The van der Waals surface area contributed by atoms with Crippen LogP contribution in [0.5, 0.6) is 11.5 Å². The Morgan fingerprint density at radius 2 is 1.56 bits per heavy atom. The van der Waals surface area contributed by atoms with Gasteiger partial charge in [-0.1, -0.05) is 30.3 Å². The molecule has 0 unspecified atom stereocenters. The van der Waals surface area contributed by atoms with Crippen LogP contribution in [0.4, 0.5) is 9.18 Å². The molecule has 0 spiro atoms. The van der Waals surface area contributed by atoms with E-state index in [0.717, 1.165) is 0 Å². The van der Waals surface area contributed by atoms with Crippen LogP contribution in [0.1, 0.15) is 6.42 Å². The highest BCUT2D eigenvalue weighted by atomic mass is 19.1.